The number of piperazine rings is 1. The molecular weight excluding hydrogens is 440 g/mol. The molecule has 1 heterocycles. The monoisotopic (exact) mass is 466 g/mol. The molecule has 8 heteroatoms. The third-order valence-electron chi connectivity index (χ3n) is 4.56. The van der Waals surface area contributed by atoms with Crippen LogP contribution in [0.15, 0.2) is 22.7 Å². The van der Waals surface area contributed by atoms with Gasteiger partial charge in [0.2, 0.25) is 0 Å². The zero-order valence-electron chi connectivity index (χ0n) is 16.4. The summed E-state index contributed by atoms with van der Waals surface area (Å²) in [6.45, 7) is 8.75. The van der Waals surface area contributed by atoms with Crippen molar-refractivity contribution in [3.8, 4) is 11.8 Å². The molecule has 6 nitrogen and oxygen atoms in total. The smallest absolute Gasteiger partial charge is 0.261 e. The molecule has 28 heavy (non-hydrogen) atoms. The highest BCUT2D eigenvalue weighted by atomic mass is 79.9. The van der Waals surface area contributed by atoms with Crippen LogP contribution in [0.25, 0.3) is 0 Å². The fourth-order valence-corrected chi connectivity index (χ4v) is 3.47. The molecular formula is C20H27BrN4O2S. The molecule has 0 atom stereocenters. The summed E-state index contributed by atoms with van der Waals surface area (Å²) in [6.07, 6.45) is 1.45. The lowest BCUT2D eigenvalue weighted by Crippen LogP contribution is -2.52. The summed E-state index contributed by atoms with van der Waals surface area (Å²) < 4.78 is 6.64. The normalized spacial score (nSPS) is 14.6. The molecule has 1 N–H and O–H groups in total. The lowest BCUT2D eigenvalue weighted by molar-refractivity contribution is 0.0965. The minimum Gasteiger partial charge on any atom is -0.493 e. The van der Waals surface area contributed by atoms with Crippen molar-refractivity contribution < 1.29 is 9.53 Å². The quantitative estimate of drug-likeness (QED) is 0.620. The van der Waals surface area contributed by atoms with Gasteiger partial charge in [0, 0.05) is 43.6 Å². The average molecular weight is 467 g/mol. The molecule has 0 aliphatic carbocycles. The molecule has 0 saturated carbocycles. The van der Waals surface area contributed by atoms with Crippen LogP contribution >= 0.6 is 28.1 Å². The van der Waals surface area contributed by atoms with E-state index in [1.807, 2.05) is 11.0 Å². The highest BCUT2D eigenvalue weighted by Gasteiger charge is 2.21. The minimum atomic E-state index is -0.266. The Hall–Kier alpha value is -1.69. The fraction of sp³-hybridized carbons (Fsp3) is 0.550. The van der Waals surface area contributed by atoms with E-state index >= 15 is 0 Å². The third kappa shape index (κ3) is 7.04. The Morgan fingerprint density at radius 2 is 2.07 bits per heavy atom. The highest BCUT2D eigenvalue weighted by Crippen LogP contribution is 2.24. The maximum absolute atomic E-state index is 12.8. The predicted molar refractivity (Wildman–Crippen MR) is 117 cm³/mol. The molecule has 1 aliphatic rings. The van der Waals surface area contributed by atoms with Gasteiger partial charge in [0.1, 0.15) is 5.75 Å². The fourth-order valence-electron chi connectivity index (χ4n) is 2.84. The Labute approximate surface area is 180 Å². The van der Waals surface area contributed by atoms with E-state index in [0.717, 1.165) is 43.6 Å². The summed E-state index contributed by atoms with van der Waals surface area (Å²) in [4.78, 5) is 17.0. The van der Waals surface area contributed by atoms with Crippen LogP contribution in [0, 0.1) is 17.2 Å². The van der Waals surface area contributed by atoms with Crippen molar-refractivity contribution in [1.82, 2.24) is 15.1 Å². The molecule has 1 aromatic carbocycles. The van der Waals surface area contributed by atoms with E-state index in [-0.39, 0.29) is 5.91 Å². The van der Waals surface area contributed by atoms with Gasteiger partial charge in [-0.3, -0.25) is 15.0 Å². The summed E-state index contributed by atoms with van der Waals surface area (Å²) >= 11 is 8.86. The Bertz CT molecular complexity index is 727. The number of amides is 1. The maximum Gasteiger partial charge on any atom is 0.261 e. The second-order valence-corrected chi connectivity index (χ2v) is 8.47. The van der Waals surface area contributed by atoms with Crippen LogP contribution < -0.4 is 10.1 Å². The van der Waals surface area contributed by atoms with Crippen LogP contribution in [0.1, 0.15) is 37.0 Å². The van der Waals surface area contributed by atoms with Crippen LogP contribution in [-0.4, -0.2) is 60.2 Å². The zero-order valence-corrected chi connectivity index (χ0v) is 18.8. The molecule has 2 rings (SSSR count). The van der Waals surface area contributed by atoms with Gasteiger partial charge in [0.05, 0.1) is 18.2 Å². The number of nitrogens with one attached hydrogen (secondary N) is 1. The summed E-state index contributed by atoms with van der Waals surface area (Å²) in [7, 11) is 0. The van der Waals surface area contributed by atoms with Crippen molar-refractivity contribution in [2.45, 2.75) is 26.7 Å². The zero-order chi connectivity index (χ0) is 20.5. The van der Waals surface area contributed by atoms with Gasteiger partial charge in [-0.05, 0) is 42.8 Å². The van der Waals surface area contributed by atoms with Crippen molar-refractivity contribution in [2.75, 3.05) is 39.3 Å². The second kappa shape index (κ2) is 11.3. The Kier molecular flexibility index (Phi) is 9.16. The first kappa shape index (κ1) is 22.6. The molecule has 1 aliphatic heterocycles. The first-order valence-electron chi connectivity index (χ1n) is 9.52. The highest BCUT2D eigenvalue weighted by molar-refractivity contribution is 9.10. The van der Waals surface area contributed by atoms with Crippen molar-refractivity contribution >= 4 is 39.2 Å². The van der Waals surface area contributed by atoms with Gasteiger partial charge < -0.3 is 9.64 Å². The molecule has 0 radical (unpaired) electrons. The average Bonchev–Trinajstić information content (AvgIpc) is 2.67. The van der Waals surface area contributed by atoms with Gasteiger partial charge in [-0.2, -0.15) is 5.26 Å². The van der Waals surface area contributed by atoms with E-state index in [1.54, 1.807) is 12.1 Å². The van der Waals surface area contributed by atoms with Gasteiger partial charge in [0.15, 0.2) is 5.11 Å². The number of hydrogen-bond donors (Lipinski definition) is 1. The molecule has 0 spiro atoms. The first-order valence-corrected chi connectivity index (χ1v) is 10.7. The van der Waals surface area contributed by atoms with Crippen molar-refractivity contribution in [3.05, 3.63) is 28.2 Å². The number of thiocarbonyl (C=S) groups is 1. The van der Waals surface area contributed by atoms with E-state index < -0.39 is 0 Å². The number of nitriles is 1. The van der Waals surface area contributed by atoms with Crippen LogP contribution in [0.4, 0.5) is 0 Å². The summed E-state index contributed by atoms with van der Waals surface area (Å²) in [6, 6.07) is 7.59. The van der Waals surface area contributed by atoms with E-state index in [9.17, 15) is 4.79 Å². The number of benzene rings is 1. The maximum atomic E-state index is 12.8. The molecule has 1 aromatic rings. The topological polar surface area (TPSA) is 68.6 Å². The van der Waals surface area contributed by atoms with Crippen molar-refractivity contribution in [3.63, 3.8) is 0 Å². The standard InChI is InChI=1S/C20H27BrN4O2S/c1-15(2)6-13-27-18-5-4-16(21)14-17(18)19(26)23-20(28)25-11-9-24(10-12-25)8-3-7-22/h4-5,14-15H,3,6,8-13H2,1-2H3,(H,23,26,28). The van der Waals surface area contributed by atoms with E-state index in [0.29, 0.717) is 35.4 Å². The van der Waals surface area contributed by atoms with Gasteiger partial charge in [-0.15, -0.1) is 0 Å². The largest absolute Gasteiger partial charge is 0.493 e. The Balaban J connectivity index is 1.94. The van der Waals surface area contributed by atoms with Gasteiger partial charge in [-0.1, -0.05) is 29.8 Å². The second-order valence-electron chi connectivity index (χ2n) is 7.17. The van der Waals surface area contributed by atoms with E-state index in [2.05, 4.69) is 46.1 Å². The summed E-state index contributed by atoms with van der Waals surface area (Å²) in [5.41, 5.74) is 0.466. The lowest BCUT2D eigenvalue weighted by atomic mass is 10.1. The summed E-state index contributed by atoms with van der Waals surface area (Å²) in [5.74, 6) is 0.829. The Morgan fingerprint density at radius 3 is 2.71 bits per heavy atom. The van der Waals surface area contributed by atoms with Crippen LogP contribution in [0.5, 0.6) is 5.75 Å². The first-order chi connectivity index (χ1) is 13.4. The number of nitrogens with zero attached hydrogens (tertiary/aromatic N) is 3. The summed E-state index contributed by atoms with van der Waals surface area (Å²) in [5, 5.41) is 12.0. The van der Waals surface area contributed by atoms with Crippen molar-refractivity contribution in [1.29, 1.82) is 5.26 Å². The molecule has 0 aromatic heterocycles. The number of halogens is 1. The number of carbonyl (C=O) groups is 1. The van der Waals surface area contributed by atoms with E-state index in [4.69, 9.17) is 22.2 Å². The molecule has 0 unspecified atom stereocenters. The lowest BCUT2D eigenvalue weighted by Gasteiger charge is -2.35. The van der Waals surface area contributed by atoms with Gasteiger partial charge in [-0.25, -0.2) is 0 Å². The molecule has 1 amide bonds. The SMILES string of the molecule is CC(C)CCOc1ccc(Br)cc1C(=O)NC(=S)N1CCN(CCC#N)CC1. The number of carbonyl (C=O) groups excluding carboxylic acids is 1. The van der Waals surface area contributed by atoms with Crippen LogP contribution in [-0.2, 0) is 0 Å². The van der Waals surface area contributed by atoms with Gasteiger partial charge >= 0.3 is 0 Å². The number of hydrogen-bond acceptors (Lipinski definition) is 5. The Morgan fingerprint density at radius 1 is 1.36 bits per heavy atom. The number of rotatable bonds is 7. The third-order valence-corrected chi connectivity index (χ3v) is 5.41. The van der Waals surface area contributed by atoms with Crippen molar-refractivity contribution in [2.24, 2.45) is 5.92 Å². The molecule has 1 fully saturated rings. The molecule has 1 saturated heterocycles. The minimum absolute atomic E-state index is 0.266. The van der Waals surface area contributed by atoms with E-state index in [1.165, 1.54) is 0 Å². The predicted octanol–water partition coefficient (Wildman–Crippen LogP) is 3.42. The van der Waals surface area contributed by atoms with Crippen LogP contribution in [0.2, 0.25) is 0 Å². The van der Waals surface area contributed by atoms with Gasteiger partial charge in [0.25, 0.3) is 5.91 Å². The molecule has 0 bridgehead atoms. The number of ether oxygens (including phenoxy) is 1. The van der Waals surface area contributed by atoms with Crippen LogP contribution in [0.3, 0.4) is 0 Å². The molecule has 152 valence electrons.